The summed E-state index contributed by atoms with van der Waals surface area (Å²) in [6, 6.07) is 4.38. The van der Waals surface area contributed by atoms with Crippen LogP contribution < -0.4 is 0 Å². The second kappa shape index (κ2) is 5.63. The molecule has 4 nitrogen and oxygen atoms in total. The van der Waals surface area contributed by atoms with Crippen molar-refractivity contribution in [1.82, 2.24) is 4.90 Å². The van der Waals surface area contributed by atoms with E-state index in [1.54, 1.807) is 18.2 Å². The van der Waals surface area contributed by atoms with Gasteiger partial charge in [-0.15, -0.1) is 0 Å². The van der Waals surface area contributed by atoms with E-state index in [1.807, 2.05) is 0 Å². The van der Waals surface area contributed by atoms with Crippen LogP contribution in [0.15, 0.2) is 27.1 Å². The van der Waals surface area contributed by atoms with Crippen molar-refractivity contribution in [2.75, 3.05) is 0 Å². The largest absolute Gasteiger partial charge is 0.479 e. The van der Waals surface area contributed by atoms with Gasteiger partial charge in [-0.25, -0.2) is 4.79 Å². The van der Waals surface area contributed by atoms with E-state index in [-0.39, 0.29) is 11.9 Å². The van der Waals surface area contributed by atoms with E-state index in [0.717, 1.165) is 21.8 Å². The molecule has 1 saturated carbocycles. The summed E-state index contributed by atoms with van der Waals surface area (Å²) in [5.74, 6) is -1.20. The molecule has 0 spiro atoms. The van der Waals surface area contributed by atoms with Gasteiger partial charge < -0.3 is 10.0 Å². The van der Waals surface area contributed by atoms with Crippen LogP contribution in [0.5, 0.6) is 0 Å². The fourth-order valence-electron chi connectivity index (χ4n) is 2.11. The molecule has 0 radical (unpaired) electrons. The van der Waals surface area contributed by atoms with Gasteiger partial charge in [0.25, 0.3) is 0 Å². The Balaban J connectivity index is 2.41. The van der Waals surface area contributed by atoms with Crippen LogP contribution in [0.2, 0.25) is 0 Å². The number of hydrogen-bond donors (Lipinski definition) is 1. The quantitative estimate of drug-likeness (QED) is 0.857. The summed E-state index contributed by atoms with van der Waals surface area (Å²) in [6.07, 6.45) is 1.75. The van der Waals surface area contributed by atoms with Crippen LogP contribution in [-0.4, -0.2) is 27.9 Å². The molecule has 1 aromatic rings. The first-order valence-corrected chi connectivity index (χ1v) is 7.47. The molecule has 0 bridgehead atoms. The molecule has 0 heterocycles. The van der Waals surface area contributed by atoms with E-state index in [0.29, 0.717) is 5.56 Å². The molecular weight excluding hydrogens is 378 g/mol. The molecule has 1 aliphatic carbocycles. The lowest BCUT2D eigenvalue weighted by Crippen LogP contribution is -2.39. The van der Waals surface area contributed by atoms with E-state index in [9.17, 15) is 14.7 Å². The van der Waals surface area contributed by atoms with Crippen molar-refractivity contribution in [3.05, 3.63) is 32.7 Å². The van der Waals surface area contributed by atoms with Gasteiger partial charge in [-0.2, -0.15) is 0 Å². The van der Waals surface area contributed by atoms with Gasteiger partial charge in [-0.1, -0.05) is 6.07 Å². The molecular formula is C13H13Br2NO3. The average Bonchev–Trinajstić information content (AvgIpc) is 3.12. The Morgan fingerprint density at radius 3 is 2.37 bits per heavy atom. The predicted octanol–water partition coefficient (Wildman–Crippen LogP) is 3.35. The molecule has 1 amide bonds. The number of nitrogens with zero attached hydrogens (tertiary/aromatic N) is 1. The first-order valence-electron chi connectivity index (χ1n) is 5.88. The number of carboxylic acid groups (broad SMARTS) is 1. The van der Waals surface area contributed by atoms with Crippen molar-refractivity contribution < 1.29 is 14.7 Å². The van der Waals surface area contributed by atoms with Gasteiger partial charge in [0.15, 0.2) is 6.04 Å². The van der Waals surface area contributed by atoms with Crippen molar-refractivity contribution in [2.24, 2.45) is 0 Å². The fraction of sp³-hybridized carbons (Fsp3) is 0.385. The molecule has 0 aromatic heterocycles. The number of benzene rings is 1. The maximum absolute atomic E-state index is 11.7. The zero-order chi connectivity index (χ0) is 14.2. The SMILES string of the molecule is CC(=O)N(C1CC1)C(C(=O)O)c1ccc(Br)c(Br)c1. The molecule has 1 aromatic carbocycles. The number of halogens is 2. The van der Waals surface area contributed by atoms with Crippen molar-refractivity contribution >= 4 is 43.7 Å². The number of amides is 1. The Morgan fingerprint density at radius 1 is 1.32 bits per heavy atom. The van der Waals surface area contributed by atoms with Crippen LogP contribution in [0.1, 0.15) is 31.4 Å². The van der Waals surface area contributed by atoms with Crippen molar-refractivity contribution in [3.63, 3.8) is 0 Å². The average molecular weight is 391 g/mol. The summed E-state index contributed by atoms with van der Waals surface area (Å²) in [7, 11) is 0. The highest BCUT2D eigenvalue weighted by Gasteiger charge is 2.40. The number of carbonyl (C=O) groups is 2. The summed E-state index contributed by atoms with van der Waals surface area (Å²) in [6.45, 7) is 1.42. The second-order valence-corrected chi connectivity index (χ2v) is 6.28. The molecule has 1 unspecified atom stereocenters. The van der Waals surface area contributed by atoms with E-state index in [1.165, 1.54) is 11.8 Å². The van der Waals surface area contributed by atoms with Gasteiger partial charge >= 0.3 is 5.97 Å². The number of rotatable bonds is 4. The van der Waals surface area contributed by atoms with E-state index < -0.39 is 12.0 Å². The minimum absolute atomic E-state index is 0.0565. The second-order valence-electron chi connectivity index (χ2n) is 4.57. The maximum atomic E-state index is 11.7. The van der Waals surface area contributed by atoms with Gasteiger partial charge in [0.05, 0.1) is 0 Å². The summed E-state index contributed by atoms with van der Waals surface area (Å²) in [5.41, 5.74) is 0.602. The van der Waals surface area contributed by atoms with Gasteiger partial charge in [-0.3, -0.25) is 4.79 Å². The first kappa shape index (κ1) is 14.5. The molecule has 0 aliphatic heterocycles. The van der Waals surface area contributed by atoms with Crippen molar-refractivity contribution in [1.29, 1.82) is 0 Å². The van der Waals surface area contributed by atoms with E-state index in [2.05, 4.69) is 31.9 Å². The number of carboxylic acids is 1. The minimum Gasteiger partial charge on any atom is -0.479 e. The van der Waals surface area contributed by atoms with E-state index in [4.69, 9.17) is 0 Å². The van der Waals surface area contributed by atoms with Crippen LogP contribution in [0.4, 0.5) is 0 Å². The highest BCUT2D eigenvalue weighted by Crippen LogP contribution is 2.36. The zero-order valence-electron chi connectivity index (χ0n) is 10.3. The Hall–Kier alpha value is -0.880. The third-order valence-electron chi connectivity index (χ3n) is 3.08. The van der Waals surface area contributed by atoms with Crippen molar-refractivity contribution in [2.45, 2.75) is 31.8 Å². The maximum Gasteiger partial charge on any atom is 0.331 e. The standard InChI is InChI=1S/C13H13Br2NO3/c1-7(17)16(9-3-4-9)12(13(18)19)8-2-5-10(14)11(15)6-8/h2,5-6,9,12H,3-4H2,1H3,(H,18,19). The molecule has 102 valence electrons. The molecule has 19 heavy (non-hydrogen) atoms. The predicted molar refractivity (Wildman–Crippen MR) is 77.8 cm³/mol. The highest BCUT2D eigenvalue weighted by molar-refractivity contribution is 9.13. The van der Waals surface area contributed by atoms with Crippen LogP contribution in [-0.2, 0) is 9.59 Å². The molecule has 1 N–H and O–H groups in total. The topological polar surface area (TPSA) is 57.6 Å². The number of hydrogen-bond acceptors (Lipinski definition) is 2. The normalized spacial score (nSPS) is 15.9. The van der Waals surface area contributed by atoms with E-state index >= 15 is 0 Å². The van der Waals surface area contributed by atoms with Gasteiger partial charge in [-0.05, 0) is 62.4 Å². The molecule has 1 atom stereocenters. The van der Waals surface area contributed by atoms with Crippen LogP contribution in [0.25, 0.3) is 0 Å². The molecule has 1 aliphatic rings. The smallest absolute Gasteiger partial charge is 0.331 e. The highest BCUT2D eigenvalue weighted by atomic mass is 79.9. The van der Waals surface area contributed by atoms with Crippen LogP contribution in [0.3, 0.4) is 0 Å². The number of carbonyl (C=O) groups excluding carboxylic acids is 1. The van der Waals surface area contributed by atoms with Gasteiger partial charge in [0, 0.05) is 21.9 Å². The first-order chi connectivity index (χ1) is 8.91. The Morgan fingerprint density at radius 2 is 1.95 bits per heavy atom. The molecule has 6 heteroatoms. The lowest BCUT2D eigenvalue weighted by molar-refractivity contribution is -0.150. The minimum atomic E-state index is -1.00. The van der Waals surface area contributed by atoms with Crippen molar-refractivity contribution in [3.8, 4) is 0 Å². The third-order valence-corrected chi connectivity index (χ3v) is 4.96. The van der Waals surface area contributed by atoms with Gasteiger partial charge in [0.1, 0.15) is 0 Å². The molecule has 0 saturated heterocycles. The summed E-state index contributed by atoms with van der Waals surface area (Å²) in [4.78, 5) is 24.8. The lowest BCUT2D eigenvalue weighted by Gasteiger charge is -2.28. The van der Waals surface area contributed by atoms with Gasteiger partial charge in [0.2, 0.25) is 5.91 Å². The molecule has 2 rings (SSSR count). The van der Waals surface area contributed by atoms with Crippen LogP contribution >= 0.6 is 31.9 Å². The Bertz CT molecular complexity index is 529. The zero-order valence-corrected chi connectivity index (χ0v) is 13.4. The Kier molecular flexibility index (Phi) is 4.30. The van der Waals surface area contributed by atoms with Crippen LogP contribution in [0, 0.1) is 0 Å². The molecule has 1 fully saturated rings. The summed E-state index contributed by atoms with van der Waals surface area (Å²) >= 11 is 6.71. The monoisotopic (exact) mass is 389 g/mol. The lowest BCUT2D eigenvalue weighted by atomic mass is 10.1. The summed E-state index contributed by atoms with van der Waals surface area (Å²) < 4.78 is 1.62. The fourth-order valence-corrected chi connectivity index (χ4v) is 2.75. The number of aliphatic carboxylic acids is 1. The third kappa shape index (κ3) is 3.17. The Labute approximate surface area is 128 Å². The summed E-state index contributed by atoms with van der Waals surface area (Å²) in [5, 5.41) is 9.46.